The second kappa shape index (κ2) is 5.73. The van der Waals surface area contributed by atoms with Gasteiger partial charge in [-0.05, 0) is 31.0 Å². The third kappa shape index (κ3) is 3.44. The number of hydrogen-bond acceptors (Lipinski definition) is 3. The predicted molar refractivity (Wildman–Crippen MR) is 57.2 cm³/mol. The van der Waals surface area contributed by atoms with Crippen LogP contribution >= 0.6 is 0 Å². The normalized spacial score (nSPS) is 12.8. The first-order valence-electron chi connectivity index (χ1n) is 4.86. The Bertz CT molecular complexity index is 276. The Labute approximate surface area is 85.5 Å². The lowest BCUT2D eigenvalue weighted by Gasteiger charge is -2.13. The largest absolute Gasteiger partial charge is 0.383 e. The standard InChI is InChI=1S/C11H18N2O/c1-9-6-12-5-4-11(9)7-13-10(2)8-14-3/h4-6,10,13H,7-8H2,1-3H3. The number of aryl methyl sites for hydroxylation is 1. The van der Waals surface area contributed by atoms with Gasteiger partial charge in [0.05, 0.1) is 6.61 Å². The Balaban J connectivity index is 2.41. The maximum atomic E-state index is 5.05. The van der Waals surface area contributed by atoms with E-state index in [1.165, 1.54) is 11.1 Å². The molecule has 0 aliphatic heterocycles. The molecule has 0 amide bonds. The summed E-state index contributed by atoms with van der Waals surface area (Å²) in [6.07, 6.45) is 3.71. The van der Waals surface area contributed by atoms with Crippen LogP contribution in [0.1, 0.15) is 18.1 Å². The van der Waals surface area contributed by atoms with E-state index < -0.39 is 0 Å². The van der Waals surface area contributed by atoms with E-state index in [9.17, 15) is 0 Å². The van der Waals surface area contributed by atoms with Gasteiger partial charge in [0.1, 0.15) is 0 Å². The Morgan fingerprint density at radius 1 is 1.57 bits per heavy atom. The van der Waals surface area contributed by atoms with Gasteiger partial charge in [0.15, 0.2) is 0 Å². The minimum Gasteiger partial charge on any atom is -0.383 e. The highest BCUT2D eigenvalue weighted by atomic mass is 16.5. The lowest BCUT2D eigenvalue weighted by Crippen LogP contribution is -2.29. The summed E-state index contributed by atoms with van der Waals surface area (Å²) >= 11 is 0. The average Bonchev–Trinajstić information content (AvgIpc) is 2.17. The molecule has 1 rings (SSSR count). The smallest absolute Gasteiger partial charge is 0.0613 e. The van der Waals surface area contributed by atoms with E-state index in [2.05, 4.69) is 24.1 Å². The quantitative estimate of drug-likeness (QED) is 0.771. The number of ether oxygens (including phenoxy) is 1. The van der Waals surface area contributed by atoms with Crippen LogP contribution in [0.15, 0.2) is 18.5 Å². The van der Waals surface area contributed by atoms with Crippen molar-refractivity contribution in [3.8, 4) is 0 Å². The number of nitrogens with zero attached hydrogens (tertiary/aromatic N) is 1. The molecule has 0 radical (unpaired) electrons. The average molecular weight is 194 g/mol. The first-order chi connectivity index (χ1) is 6.74. The van der Waals surface area contributed by atoms with Gasteiger partial charge in [0, 0.05) is 32.1 Å². The molecule has 0 aromatic carbocycles. The van der Waals surface area contributed by atoms with Gasteiger partial charge in [-0.3, -0.25) is 4.98 Å². The molecule has 78 valence electrons. The van der Waals surface area contributed by atoms with E-state index >= 15 is 0 Å². The molecule has 3 nitrogen and oxygen atoms in total. The van der Waals surface area contributed by atoms with Crippen molar-refractivity contribution < 1.29 is 4.74 Å². The zero-order valence-corrected chi connectivity index (χ0v) is 9.08. The van der Waals surface area contributed by atoms with Crippen molar-refractivity contribution in [1.82, 2.24) is 10.3 Å². The van der Waals surface area contributed by atoms with E-state index in [-0.39, 0.29) is 0 Å². The molecular formula is C11H18N2O. The topological polar surface area (TPSA) is 34.1 Å². The summed E-state index contributed by atoms with van der Waals surface area (Å²) in [5.41, 5.74) is 2.52. The van der Waals surface area contributed by atoms with Crippen LogP contribution in [0.2, 0.25) is 0 Å². The van der Waals surface area contributed by atoms with Crippen molar-refractivity contribution in [2.24, 2.45) is 0 Å². The lowest BCUT2D eigenvalue weighted by atomic mass is 10.1. The van der Waals surface area contributed by atoms with Crippen molar-refractivity contribution in [3.05, 3.63) is 29.6 Å². The second-order valence-electron chi connectivity index (χ2n) is 3.54. The zero-order valence-electron chi connectivity index (χ0n) is 9.08. The van der Waals surface area contributed by atoms with Crippen LogP contribution in [0.25, 0.3) is 0 Å². The van der Waals surface area contributed by atoms with Crippen molar-refractivity contribution in [2.45, 2.75) is 26.4 Å². The van der Waals surface area contributed by atoms with E-state index in [4.69, 9.17) is 4.74 Å². The van der Waals surface area contributed by atoms with Gasteiger partial charge in [0.25, 0.3) is 0 Å². The molecule has 1 unspecified atom stereocenters. The summed E-state index contributed by atoms with van der Waals surface area (Å²) in [7, 11) is 1.72. The van der Waals surface area contributed by atoms with Gasteiger partial charge in [-0.25, -0.2) is 0 Å². The van der Waals surface area contributed by atoms with Gasteiger partial charge in [0.2, 0.25) is 0 Å². The van der Waals surface area contributed by atoms with Gasteiger partial charge in [-0.15, -0.1) is 0 Å². The van der Waals surface area contributed by atoms with Gasteiger partial charge in [-0.2, -0.15) is 0 Å². The second-order valence-corrected chi connectivity index (χ2v) is 3.54. The van der Waals surface area contributed by atoms with Gasteiger partial charge < -0.3 is 10.1 Å². The molecule has 1 aromatic heterocycles. The van der Waals surface area contributed by atoms with Crippen molar-refractivity contribution in [3.63, 3.8) is 0 Å². The SMILES string of the molecule is COCC(C)NCc1ccncc1C. The Morgan fingerprint density at radius 2 is 2.36 bits per heavy atom. The summed E-state index contributed by atoms with van der Waals surface area (Å²) in [6.45, 7) is 5.80. The Morgan fingerprint density at radius 3 is 3.00 bits per heavy atom. The number of aromatic nitrogens is 1. The Kier molecular flexibility index (Phi) is 4.56. The minimum absolute atomic E-state index is 0.382. The van der Waals surface area contributed by atoms with Crippen LogP contribution < -0.4 is 5.32 Å². The van der Waals surface area contributed by atoms with Crippen LogP contribution in [0.4, 0.5) is 0 Å². The summed E-state index contributed by atoms with van der Waals surface area (Å²) in [4.78, 5) is 4.06. The van der Waals surface area contributed by atoms with Crippen LogP contribution in [0, 0.1) is 6.92 Å². The summed E-state index contributed by atoms with van der Waals surface area (Å²) in [6, 6.07) is 2.43. The summed E-state index contributed by atoms with van der Waals surface area (Å²) < 4.78 is 5.05. The third-order valence-electron chi connectivity index (χ3n) is 2.19. The highest BCUT2D eigenvalue weighted by molar-refractivity contribution is 5.21. The molecule has 0 saturated carbocycles. The molecule has 1 heterocycles. The number of pyridine rings is 1. The Hall–Kier alpha value is -0.930. The molecule has 0 aliphatic carbocycles. The van der Waals surface area contributed by atoms with Crippen molar-refractivity contribution >= 4 is 0 Å². The maximum Gasteiger partial charge on any atom is 0.0613 e. The molecule has 0 saturated heterocycles. The molecular weight excluding hydrogens is 176 g/mol. The maximum absolute atomic E-state index is 5.05. The highest BCUT2D eigenvalue weighted by Crippen LogP contribution is 2.04. The molecule has 1 atom stereocenters. The number of rotatable bonds is 5. The molecule has 0 aliphatic rings. The fourth-order valence-electron chi connectivity index (χ4n) is 1.29. The first-order valence-corrected chi connectivity index (χ1v) is 4.86. The van der Waals surface area contributed by atoms with Gasteiger partial charge >= 0.3 is 0 Å². The van der Waals surface area contributed by atoms with Crippen molar-refractivity contribution in [2.75, 3.05) is 13.7 Å². The first kappa shape index (κ1) is 11.1. The van der Waals surface area contributed by atoms with Gasteiger partial charge in [-0.1, -0.05) is 0 Å². The number of nitrogens with one attached hydrogen (secondary N) is 1. The molecule has 0 spiro atoms. The lowest BCUT2D eigenvalue weighted by molar-refractivity contribution is 0.171. The van der Waals surface area contributed by atoms with Crippen LogP contribution in [0.5, 0.6) is 0 Å². The zero-order chi connectivity index (χ0) is 10.4. The van der Waals surface area contributed by atoms with Crippen molar-refractivity contribution in [1.29, 1.82) is 0 Å². The highest BCUT2D eigenvalue weighted by Gasteiger charge is 2.01. The van der Waals surface area contributed by atoms with Crippen LogP contribution in [-0.4, -0.2) is 24.7 Å². The van der Waals surface area contributed by atoms with E-state index in [1.54, 1.807) is 7.11 Å². The van der Waals surface area contributed by atoms with Crippen LogP contribution in [-0.2, 0) is 11.3 Å². The number of hydrogen-bond donors (Lipinski definition) is 1. The molecule has 0 bridgehead atoms. The minimum atomic E-state index is 0.382. The summed E-state index contributed by atoms with van der Waals surface area (Å²) in [5, 5.41) is 3.39. The molecule has 1 aromatic rings. The summed E-state index contributed by atoms with van der Waals surface area (Å²) in [5.74, 6) is 0. The fourth-order valence-corrected chi connectivity index (χ4v) is 1.29. The fraction of sp³-hybridized carbons (Fsp3) is 0.545. The molecule has 3 heteroatoms. The molecule has 14 heavy (non-hydrogen) atoms. The third-order valence-corrected chi connectivity index (χ3v) is 2.19. The van der Waals surface area contributed by atoms with E-state index in [0.29, 0.717) is 6.04 Å². The van der Waals surface area contributed by atoms with E-state index in [1.807, 2.05) is 18.5 Å². The monoisotopic (exact) mass is 194 g/mol. The predicted octanol–water partition coefficient (Wildman–Crippen LogP) is 1.51. The van der Waals surface area contributed by atoms with E-state index in [0.717, 1.165) is 13.2 Å². The molecule has 1 N–H and O–H groups in total. The van der Waals surface area contributed by atoms with Crippen LogP contribution in [0.3, 0.4) is 0 Å². The molecule has 0 fully saturated rings. The number of methoxy groups -OCH3 is 1.